The highest BCUT2D eigenvalue weighted by atomic mass is 16.3. The van der Waals surface area contributed by atoms with Crippen molar-refractivity contribution in [1.82, 2.24) is 0 Å². The molecule has 1 heteroatoms. The summed E-state index contributed by atoms with van der Waals surface area (Å²) in [5.41, 5.74) is 5.78. The van der Waals surface area contributed by atoms with Crippen molar-refractivity contribution < 1.29 is 5.11 Å². The summed E-state index contributed by atoms with van der Waals surface area (Å²) in [4.78, 5) is 0. The molecule has 0 heterocycles. The molecule has 0 saturated heterocycles. The second kappa shape index (κ2) is 7.79. The Bertz CT molecular complexity index is 716. The molecule has 0 aromatic carbocycles. The van der Waals surface area contributed by atoms with Crippen molar-refractivity contribution in [3.05, 3.63) is 23.3 Å². The van der Waals surface area contributed by atoms with E-state index in [0.29, 0.717) is 22.7 Å². The summed E-state index contributed by atoms with van der Waals surface area (Å²) in [6.07, 6.45) is 13.9. The standard InChI is InChI=1S/C29H48O/c1-19(2)20(3)11-12-21(4)23-15-17-28(6)24-14-13-22-9-8-10-26(30)29(22,7)25(24)16-18-27(23,28)5/h19,21-23,26,30H,3,8-18H2,1-2,4-7H3/t21-,22?,23-,26?,27-,28+,29+/m1/s1. The SMILES string of the molecule is C=C(CC[C@@H](C)[C@H]1CC[C@@]2(C)C3=C(CC[C@]12C)[C@@]1(C)C(O)CCCC1CC3)C(C)C. The summed E-state index contributed by atoms with van der Waals surface area (Å²) >= 11 is 0. The van der Waals surface area contributed by atoms with Crippen LogP contribution in [0.4, 0.5) is 0 Å². The second-order valence-electron chi connectivity index (χ2n) is 12.6. The predicted octanol–water partition coefficient (Wildman–Crippen LogP) is 8.09. The third kappa shape index (κ3) is 3.12. The molecule has 30 heavy (non-hydrogen) atoms. The van der Waals surface area contributed by atoms with E-state index in [4.69, 9.17) is 0 Å². The Morgan fingerprint density at radius 1 is 1.00 bits per heavy atom. The number of hydrogen-bond donors (Lipinski definition) is 1. The summed E-state index contributed by atoms with van der Waals surface area (Å²) in [7, 11) is 0. The highest BCUT2D eigenvalue weighted by Crippen LogP contribution is 2.71. The maximum atomic E-state index is 11.2. The van der Waals surface area contributed by atoms with Gasteiger partial charge in [-0.3, -0.25) is 0 Å². The Balaban J connectivity index is 1.61. The Morgan fingerprint density at radius 3 is 2.43 bits per heavy atom. The van der Waals surface area contributed by atoms with Crippen molar-refractivity contribution in [1.29, 1.82) is 0 Å². The van der Waals surface area contributed by atoms with Gasteiger partial charge in [-0.15, -0.1) is 0 Å². The van der Waals surface area contributed by atoms with Crippen molar-refractivity contribution in [2.75, 3.05) is 0 Å². The highest BCUT2D eigenvalue weighted by Gasteiger charge is 2.62. The maximum absolute atomic E-state index is 11.2. The zero-order valence-corrected chi connectivity index (χ0v) is 20.8. The van der Waals surface area contributed by atoms with E-state index >= 15 is 0 Å². The van der Waals surface area contributed by atoms with E-state index in [-0.39, 0.29) is 11.5 Å². The molecule has 0 aliphatic heterocycles. The van der Waals surface area contributed by atoms with Crippen LogP contribution in [0.1, 0.15) is 112 Å². The summed E-state index contributed by atoms with van der Waals surface area (Å²) < 4.78 is 0. The molecule has 0 aromatic rings. The molecule has 2 saturated carbocycles. The average molecular weight is 413 g/mol. The first kappa shape index (κ1) is 22.6. The smallest absolute Gasteiger partial charge is 0.0633 e. The van der Waals surface area contributed by atoms with Crippen molar-refractivity contribution in [2.45, 2.75) is 118 Å². The first-order chi connectivity index (χ1) is 14.1. The van der Waals surface area contributed by atoms with E-state index < -0.39 is 0 Å². The molecule has 0 spiro atoms. The van der Waals surface area contributed by atoms with Gasteiger partial charge in [-0.1, -0.05) is 71.3 Å². The largest absolute Gasteiger partial charge is 0.392 e. The summed E-state index contributed by atoms with van der Waals surface area (Å²) in [5, 5.41) is 11.2. The number of rotatable bonds is 5. The lowest BCUT2D eigenvalue weighted by atomic mass is 9.46. The van der Waals surface area contributed by atoms with Crippen LogP contribution < -0.4 is 0 Å². The molecule has 0 radical (unpaired) electrons. The molecule has 2 fully saturated rings. The number of allylic oxidation sites excluding steroid dienone is 2. The Morgan fingerprint density at radius 2 is 1.73 bits per heavy atom. The molecule has 4 rings (SSSR count). The monoisotopic (exact) mass is 412 g/mol. The van der Waals surface area contributed by atoms with Crippen LogP contribution in [0.25, 0.3) is 0 Å². The van der Waals surface area contributed by atoms with Gasteiger partial charge in [0, 0.05) is 5.41 Å². The van der Waals surface area contributed by atoms with Crippen LogP contribution in [-0.4, -0.2) is 11.2 Å². The number of aliphatic hydroxyl groups is 1. The summed E-state index contributed by atoms with van der Waals surface area (Å²) in [5.74, 6) is 2.94. The van der Waals surface area contributed by atoms with Crippen LogP contribution in [0, 0.1) is 39.9 Å². The minimum Gasteiger partial charge on any atom is -0.392 e. The summed E-state index contributed by atoms with van der Waals surface area (Å²) in [6.45, 7) is 19.2. The van der Waals surface area contributed by atoms with Crippen molar-refractivity contribution >= 4 is 0 Å². The fourth-order valence-corrected chi connectivity index (χ4v) is 8.76. The van der Waals surface area contributed by atoms with Crippen LogP contribution in [0.3, 0.4) is 0 Å². The average Bonchev–Trinajstić information content (AvgIpc) is 2.98. The first-order valence-corrected chi connectivity index (χ1v) is 13.1. The van der Waals surface area contributed by atoms with Gasteiger partial charge in [-0.05, 0) is 98.7 Å². The second-order valence-corrected chi connectivity index (χ2v) is 12.6. The first-order valence-electron chi connectivity index (χ1n) is 13.1. The third-order valence-corrected chi connectivity index (χ3v) is 11.3. The Kier molecular flexibility index (Phi) is 5.87. The molecule has 0 aromatic heterocycles. The van der Waals surface area contributed by atoms with E-state index in [1.54, 1.807) is 11.1 Å². The lowest BCUT2D eigenvalue weighted by Gasteiger charge is -2.59. The predicted molar refractivity (Wildman–Crippen MR) is 128 cm³/mol. The van der Waals surface area contributed by atoms with E-state index in [2.05, 4.69) is 48.1 Å². The molecular weight excluding hydrogens is 364 g/mol. The maximum Gasteiger partial charge on any atom is 0.0633 e. The van der Waals surface area contributed by atoms with Gasteiger partial charge < -0.3 is 5.11 Å². The van der Waals surface area contributed by atoms with Gasteiger partial charge >= 0.3 is 0 Å². The van der Waals surface area contributed by atoms with Crippen LogP contribution in [-0.2, 0) is 0 Å². The van der Waals surface area contributed by atoms with Gasteiger partial charge in [0.05, 0.1) is 6.10 Å². The molecule has 0 amide bonds. The van der Waals surface area contributed by atoms with Crippen LogP contribution in [0.15, 0.2) is 23.3 Å². The Labute approximate surface area is 186 Å². The molecule has 1 N–H and O–H groups in total. The highest BCUT2D eigenvalue weighted by molar-refractivity contribution is 5.38. The molecule has 0 bridgehead atoms. The van der Waals surface area contributed by atoms with Gasteiger partial charge in [0.25, 0.3) is 0 Å². The topological polar surface area (TPSA) is 20.2 Å². The minimum absolute atomic E-state index is 0.0644. The fraction of sp³-hybridized carbons (Fsp3) is 0.862. The van der Waals surface area contributed by atoms with E-state index in [9.17, 15) is 5.11 Å². The van der Waals surface area contributed by atoms with Crippen molar-refractivity contribution in [3.8, 4) is 0 Å². The van der Waals surface area contributed by atoms with Gasteiger partial charge in [0.15, 0.2) is 0 Å². The van der Waals surface area contributed by atoms with Crippen LogP contribution in [0.2, 0.25) is 0 Å². The van der Waals surface area contributed by atoms with Crippen LogP contribution in [0.5, 0.6) is 0 Å². The minimum atomic E-state index is -0.118. The van der Waals surface area contributed by atoms with Crippen LogP contribution >= 0.6 is 0 Å². The molecular formula is C29H48O. The lowest BCUT2D eigenvalue weighted by molar-refractivity contribution is -0.0452. The van der Waals surface area contributed by atoms with E-state index in [1.807, 2.05) is 0 Å². The molecule has 1 nitrogen and oxygen atoms in total. The normalized spacial score (nSPS) is 44.5. The third-order valence-electron chi connectivity index (χ3n) is 11.3. The van der Waals surface area contributed by atoms with Gasteiger partial charge in [-0.25, -0.2) is 0 Å². The molecule has 7 atom stereocenters. The zero-order chi connectivity index (χ0) is 21.9. The van der Waals surface area contributed by atoms with Gasteiger partial charge in [-0.2, -0.15) is 0 Å². The number of hydrogen-bond acceptors (Lipinski definition) is 1. The molecule has 2 unspecified atom stereocenters. The number of aliphatic hydroxyl groups excluding tert-OH is 1. The molecule has 170 valence electrons. The Hall–Kier alpha value is -0.560. The molecule has 4 aliphatic rings. The zero-order valence-electron chi connectivity index (χ0n) is 20.8. The van der Waals surface area contributed by atoms with E-state index in [0.717, 1.165) is 18.3 Å². The van der Waals surface area contributed by atoms with Gasteiger partial charge in [0.2, 0.25) is 0 Å². The molecule has 4 aliphatic carbocycles. The quantitative estimate of drug-likeness (QED) is 0.452. The fourth-order valence-electron chi connectivity index (χ4n) is 8.76. The van der Waals surface area contributed by atoms with Crippen molar-refractivity contribution in [3.63, 3.8) is 0 Å². The lowest BCUT2D eigenvalue weighted by Crippen LogP contribution is -2.52. The number of fused-ring (bicyclic) bond motifs is 4. The van der Waals surface area contributed by atoms with Crippen molar-refractivity contribution in [2.24, 2.45) is 39.9 Å². The van der Waals surface area contributed by atoms with Gasteiger partial charge in [0.1, 0.15) is 0 Å². The summed E-state index contributed by atoms with van der Waals surface area (Å²) in [6, 6.07) is 0. The van der Waals surface area contributed by atoms with E-state index in [1.165, 1.54) is 69.8 Å².